The van der Waals surface area contributed by atoms with E-state index in [4.69, 9.17) is 21.1 Å². The predicted octanol–water partition coefficient (Wildman–Crippen LogP) is 5.96. The minimum atomic E-state index is -0.888. The molecule has 1 aliphatic heterocycles. The summed E-state index contributed by atoms with van der Waals surface area (Å²) < 4.78 is 12.1. The van der Waals surface area contributed by atoms with Crippen LogP contribution in [0.4, 0.5) is 16.2 Å². The number of nitrogens with one attached hydrogen (secondary N) is 1. The van der Waals surface area contributed by atoms with Crippen LogP contribution in [0.15, 0.2) is 64.6 Å². The van der Waals surface area contributed by atoms with E-state index in [0.717, 1.165) is 10.5 Å². The topological polar surface area (TPSA) is 128 Å². The molecule has 1 aliphatic rings. The predicted molar refractivity (Wildman–Crippen MR) is 148 cm³/mol. The van der Waals surface area contributed by atoms with Crippen LogP contribution < -0.4 is 19.7 Å². The molecule has 0 unspecified atom stereocenters. The Bertz CT molecular complexity index is 1540. The van der Waals surface area contributed by atoms with Gasteiger partial charge in [-0.15, -0.1) is 0 Å². The average Bonchev–Trinajstić information content (AvgIpc) is 2.89. The highest BCUT2D eigenvalue weighted by Crippen LogP contribution is 2.36. The quantitative estimate of drug-likeness (QED) is 0.143. The Morgan fingerprint density at radius 1 is 1.08 bits per heavy atom. The van der Waals surface area contributed by atoms with Crippen molar-refractivity contribution in [3.63, 3.8) is 0 Å². The lowest BCUT2D eigenvalue weighted by atomic mass is 10.1. The van der Waals surface area contributed by atoms with Crippen LogP contribution in [0.1, 0.15) is 23.6 Å². The number of hydrogen-bond acceptors (Lipinski definition) is 7. The van der Waals surface area contributed by atoms with E-state index in [9.17, 15) is 24.5 Å². The van der Waals surface area contributed by atoms with Gasteiger partial charge in [-0.3, -0.25) is 25.0 Å². The summed E-state index contributed by atoms with van der Waals surface area (Å²) in [5.74, 6) is -1.02. The van der Waals surface area contributed by atoms with Crippen LogP contribution in [0, 0.1) is 17.0 Å². The maximum absolute atomic E-state index is 13.3. The second-order valence-electron chi connectivity index (χ2n) is 8.36. The second-order valence-corrected chi connectivity index (χ2v) is 9.62. The number of hydrogen-bond donors (Lipinski definition) is 1. The number of urea groups is 1. The van der Waals surface area contributed by atoms with Crippen LogP contribution in [-0.4, -0.2) is 29.4 Å². The Morgan fingerprint density at radius 3 is 2.51 bits per heavy atom. The first kappa shape index (κ1) is 27.8. The highest BCUT2D eigenvalue weighted by Gasteiger charge is 2.37. The number of barbiturate groups is 1. The van der Waals surface area contributed by atoms with Gasteiger partial charge in [-0.25, -0.2) is 9.69 Å². The molecule has 1 N–H and O–H groups in total. The molecule has 1 saturated heterocycles. The van der Waals surface area contributed by atoms with E-state index in [2.05, 4.69) is 21.2 Å². The number of nitro benzene ring substituents is 1. The summed E-state index contributed by atoms with van der Waals surface area (Å²) in [7, 11) is 0. The number of aryl methyl sites for hydroxylation is 1. The molecule has 3 aromatic rings. The minimum absolute atomic E-state index is 0.0334. The summed E-state index contributed by atoms with van der Waals surface area (Å²) in [5, 5.41) is 13.6. The maximum atomic E-state index is 13.3. The van der Waals surface area contributed by atoms with Gasteiger partial charge >= 0.3 is 6.03 Å². The Kier molecular flexibility index (Phi) is 8.32. The van der Waals surface area contributed by atoms with Crippen molar-refractivity contribution in [3.8, 4) is 11.5 Å². The molecule has 200 valence electrons. The number of anilines is 1. The van der Waals surface area contributed by atoms with Crippen molar-refractivity contribution < 1.29 is 28.8 Å². The number of benzene rings is 3. The van der Waals surface area contributed by atoms with E-state index in [1.807, 2.05) is 0 Å². The summed E-state index contributed by atoms with van der Waals surface area (Å²) >= 11 is 9.61. The smallest absolute Gasteiger partial charge is 0.335 e. The van der Waals surface area contributed by atoms with Crippen molar-refractivity contribution in [2.45, 2.75) is 20.5 Å². The molecular weight excluding hydrogens is 594 g/mol. The number of nitrogens with zero attached hydrogens (tertiary/aromatic N) is 2. The van der Waals surface area contributed by atoms with Crippen LogP contribution in [0.2, 0.25) is 5.02 Å². The molecule has 4 amide bonds. The fraction of sp³-hybridized carbons (Fsp3) is 0.148. The fourth-order valence-electron chi connectivity index (χ4n) is 3.73. The first-order chi connectivity index (χ1) is 18.6. The van der Waals surface area contributed by atoms with E-state index in [-0.39, 0.29) is 23.6 Å². The molecule has 4 rings (SSSR count). The maximum Gasteiger partial charge on any atom is 0.335 e. The van der Waals surface area contributed by atoms with Crippen molar-refractivity contribution >= 4 is 62.8 Å². The first-order valence-corrected chi connectivity index (χ1v) is 12.8. The van der Waals surface area contributed by atoms with Gasteiger partial charge in [0.1, 0.15) is 12.2 Å². The summed E-state index contributed by atoms with van der Waals surface area (Å²) in [6, 6.07) is 13.0. The molecule has 1 fully saturated rings. The average molecular weight is 615 g/mol. The molecule has 3 aromatic carbocycles. The van der Waals surface area contributed by atoms with Crippen LogP contribution in [-0.2, 0) is 16.2 Å². The molecule has 0 radical (unpaired) electrons. The number of rotatable bonds is 8. The molecular formula is C27H21BrClN3O7. The Morgan fingerprint density at radius 2 is 1.82 bits per heavy atom. The van der Waals surface area contributed by atoms with Crippen LogP contribution in [0.5, 0.6) is 11.5 Å². The van der Waals surface area contributed by atoms with Gasteiger partial charge in [-0.1, -0.05) is 45.7 Å². The number of carbonyl (C=O) groups excluding carboxylic acids is 3. The molecule has 10 nitrogen and oxygen atoms in total. The number of carbonyl (C=O) groups is 3. The van der Waals surface area contributed by atoms with Gasteiger partial charge in [0.2, 0.25) is 0 Å². The Balaban J connectivity index is 1.65. The van der Waals surface area contributed by atoms with E-state index in [1.165, 1.54) is 24.3 Å². The molecule has 0 saturated carbocycles. The lowest BCUT2D eigenvalue weighted by Gasteiger charge is -2.26. The molecule has 12 heteroatoms. The van der Waals surface area contributed by atoms with E-state index in [1.54, 1.807) is 50.2 Å². The summed E-state index contributed by atoms with van der Waals surface area (Å²) in [5.41, 5.74) is 1.64. The third-order valence-electron chi connectivity index (χ3n) is 5.69. The molecule has 0 aliphatic carbocycles. The molecule has 1 heterocycles. The van der Waals surface area contributed by atoms with Gasteiger partial charge in [0.25, 0.3) is 17.5 Å². The van der Waals surface area contributed by atoms with Crippen molar-refractivity contribution in [1.82, 2.24) is 5.32 Å². The molecule has 0 aromatic heterocycles. The largest absolute Gasteiger partial charge is 0.490 e. The number of ether oxygens (including phenoxy) is 2. The van der Waals surface area contributed by atoms with Crippen LogP contribution >= 0.6 is 27.5 Å². The standard InChI is InChI=1S/C27H21BrClN3O7/c1-3-38-23-11-17(21(28)13-24(23)39-14-16-5-4-6-19(9-16)32(36)37)10-20-25(33)30-27(35)31(26(20)34)18-8-7-15(2)22(29)12-18/h4-13H,3,14H2,1-2H3,(H,30,33,35)/b20-10-. The molecule has 0 bridgehead atoms. The second kappa shape index (κ2) is 11.7. The number of amides is 4. The molecule has 39 heavy (non-hydrogen) atoms. The number of halogens is 2. The van der Waals surface area contributed by atoms with E-state index >= 15 is 0 Å². The highest BCUT2D eigenvalue weighted by atomic mass is 79.9. The SMILES string of the molecule is CCOc1cc(/C=C2/C(=O)NC(=O)N(c3ccc(C)c(Cl)c3)C2=O)c(Br)cc1OCc1cccc([N+](=O)[O-])c1. The number of imide groups is 2. The van der Waals surface area contributed by atoms with Crippen molar-refractivity contribution in [2.75, 3.05) is 11.5 Å². The van der Waals surface area contributed by atoms with Gasteiger partial charge in [0.15, 0.2) is 11.5 Å². The van der Waals surface area contributed by atoms with Gasteiger partial charge in [0.05, 0.1) is 17.2 Å². The zero-order valence-corrected chi connectivity index (χ0v) is 23.0. The number of nitro groups is 1. The lowest BCUT2D eigenvalue weighted by molar-refractivity contribution is -0.384. The van der Waals surface area contributed by atoms with Crippen molar-refractivity contribution in [1.29, 1.82) is 0 Å². The van der Waals surface area contributed by atoms with Gasteiger partial charge in [0, 0.05) is 21.6 Å². The first-order valence-electron chi connectivity index (χ1n) is 11.6. The van der Waals surface area contributed by atoms with Crippen molar-refractivity contribution in [3.05, 3.63) is 96.5 Å². The molecule has 0 atom stereocenters. The zero-order valence-electron chi connectivity index (χ0n) is 20.7. The highest BCUT2D eigenvalue weighted by molar-refractivity contribution is 9.10. The van der Waals surface area contributed by atoms with Crippen LogP contribution in [0.3, 0.4) is 0 Å². The van der Waals surface area contributed by atoms with Crippen LogP contribution in [0.25, 0.3) is 6.08 Å². The van der Waals surface area contributed by atoms with Gasteiger partial charge in [-0.2, -0.15) is 0 Å². The normalized spacial score (nSPS) is 14.4. The monoisotopic (exact) mass is 613 g/mol. The summed E-state index contributed by atoms with van der Waals surface area (Å²) in [6.07, 6.45) is 1.34. The van der Waals surface area contributed by atoms with Gasteiger partial charge < -0.3 is 9.47 Å². The Labute approximate surface area is 236 Å². The Hall–Kier alpha value is -4.22. The third-order valence-corrected chi connectivity index (χ3v) is 6.79. The molecule has 0 spiro atoms. The third kappa shape index (κ3) is 6.10. The fourth-order valence-corrected chi connectivity index (χ4v) is 4.34. The van der Waals surface area contributed by atoms with E-state index < -0.39 is 22.8 Å². The zero-order chi connectivity index (χ0) is 28.3. The van der Waals surface area contributed by atoms with E-state index in [0.29, 0.717) is 38.7 Å². The lowest BCUT2D eigenvalue weighted by Crippen LogP contribution is -2.54. The summed E-state index contributed by atoms with van der Waals surface area (Å²) in [4.78, 5) is 49.9. The summed E-state index contributed by atoms with van der Waals surface area (Å²) in [6.45, 7) is 3.88. The van der Waals surface area contributed by atoms with Gasteiger partial charge in [-0.05, 0) is 60.9 Å². The number of non-ortho nitro benzene ring substituents is 1. The van der Waals surface area contributed by atoms with Crippen molar-refractivity contribution in [2.24, 2.45) is 0 Å². The minimum Gasteiger partial charge on any atom is -0.490 e.